The van der Waals surface area contributed by atoms with Crippen molar-refractivity contribution in [1.82, 2.24) is 4.90 Å². The van der Waals surface area contributed by atoms with Crippen molar-refractivity contribution in [2.45, 2.75) is 57.0 Å². The highest BCUT2D eigenvalue weighted by Gasteiger charge is 2.33. The standard InChI is InChI=1S/C19H28N2O2.ClH/c1-23-16-8-4-7-15(12-16)18-10-5-11-21(18)19(22)13-14-6-2-3-9-17(14)20;/h4,7-8,12,14,17-18H,2-3,5-6,9-11,13,20H2,1H3;1H. The molecule has 2 aliphatic rings. The van der Waals surface area contributed by atoms with E-state index in [-0.39, 0.29) is 30.4 Å². The quantitative estimate of drug-likeness (QED) is 0.899. The van der Waals surface area contributed by atoms with Gasteiger partial charge in [-0.1, -0.05) is 25.0 Å². The summed E-state index contributed by atoms with van der Waals surface area (Å²) in [6.07, 6.45) is 7.32. The number of amides is 1. The lowest BCUT2D eigenvalue weighted by atomic mass is 9.82. The van der Waals surface area contributed by atoms with Gasteiger partial charge in [0.15, 0.2) is 0 Å². The van der Waals surface area contributed by atoms with Crippen LogP contribution in [0.3, 0.4) is 0 Å². The van der Waals surface area contributed by atoms with E-state index in [9.17, 15) is 4.79 Å². The Morgan fingerprint density at radius 3 is 2.79 bits per heavy atom. The van der Waals surface area contributed by atoms with Crippen molar-refractivity contribution < 1.29 is 9.53 Å². The fourth-order valence-corrected chi connectivity index (χ4v) is 4.09. The molecule has 5 heteroatoms. The molecule has 1 heterocycles. The van der Waals surface area contributed by atoms with E-state index in [0.717, 1.165) is 38.0 Å². The molecule has 0 spiro atoms. The van der Waals surface area contributed by atoms with Crippen LogP contribution in [0.2, 0.25) is 0 Å². The molecule has 3 rings (SSSR count). The molecule has 0 bridgehead atoms. The van der Waals surface area contributed by atoms with Crippen molar-refractivity contribution in [3.05, 3.63) is 29.8 Å². The van der Waals surface area contributed by atoms with Gasteiger partial charge in [-0.3, -0.25) is 4.79 Å². The SMILES string of the molecule is COc1cccc(C2CCCN2C(=O)CC2CCCCC2N)c1.Cl. The third kappa shape index (κ3) is 4.22. The maximum absolute atomic E-state index is 12.8. The third-order valence-corrected chi connectivity index (χ3v) is 5.46. The van der Waals surface area contributed by atoms with E-state index in [1.807, 2.05) is 12.1 Å². The molecule has 24 heavy (non-hydrogen) atoms. The lowest BCUT2D eigenvalue weighted by molar-refractivity contribution is -0.133. The van der Waals surface area contributed by atoms with Gasteiger partial charge in [0, 0.05) is 19.0 Å². The Morgan fingerprint density at radius 2 is 2.04 bits per heavy atom. The second-order valence-electron chi connectivity index (χ2n) is 6.93. The highest BCUT2D eigenvalue weighted by molar-refractivity contribution is 5.85. The fourth-order valence-electron chi connectivity index (χ4n) is 4.09. The topological polar surface area (TPSA) is 55.6 Å². The fraction of sp³-hybridized carbons (Fsp3) is 0.632. The lowest BCUT2D eigenvalue weighted by Gasteiger charge is -2.31. The largest absolute Gasteiger partial charge is 0.497 e. The number of rotatable bonds is 4. The second kappa shape index (κ2) is 8.72. The first-order valence-electron chi connectivity index (χ1n) is 8.88. The van der Waals surface area contributed by atoms with Gasteiger partial charge in [-0.25, -0.2) is 0 Å². The number of likely N-dealkylation sites (tertiary alicyclic amines) is 1. The summed E-state index contributed by atoms with van der Waals surface area (Å²) < 4.78 is 5.33. The summed E-state index contributed by atoms with van der Waals surface area (Å²) in [6, 6.07) is 8.51. The second-order valence-corrected chi connectivity index (χ2v) is 6.93. The van der Waals surface area contributed by atoms with Crippen LogP contribution < -0.4 is 10.5 Å². The average molecular weight is 353 g/mol. The van der Waals surface area contributed by atoms with Gasteiger partial charge in [0.05, 0.1) is 13.2 Å². The highest BCUT2D eigenvalue weighted by atomic mass is 35.5. The summed E-state index contributed by atoms with van der Waals surface area (Å²) in [6.45, 7) is 0.864. The molecule has 1 aromatic rings. The van der Waals surface area contributed by atoms with E-state index in [1.165, 1.54) is 18.4 Å². The number of nitrogens with zero attached hydrogens (tertiary/aromatic N) is 1. The Hall–Kier alpha value is -1.26. The molecule has 1 aliphatic heterocycles. The summed E-state index contributed by atoms with van der Waals surface area (Å²) >= 11 is 0. The summed E-state index contributed by atoms with van der Waals surface area (Å²) in [7, 11) is 1.68. The normalized spacial score (nSPS) is 26.8. The molecule has 0 aromatic heterocycles. The van der Waals surface area contributed by atoms with Gasteiger partial charge < -0.3 is 15.4 Å². The molecule has 1 aliphatic carbocycles. The third-order valence-electron chi connectivity index (χ3n) is 5.46. The van der Waals surface area contributed by atoms with Gasteiger partial charge >= 0.3 is 0 Å². The number of methoxy groups -OCH3 is 1. The van der Waals surface area contributed by atoms with Crippen LogP contribution in [0.15, 0.2) is 24.3 Å². The van der Waals surface area contributed by atoms with Gasteiger partial charge in [-0.05, 0) is 49.3 Å². The van der Waals surface area contributed by atoms with Crippen LogP contribution in [0, 0.1) is 5.92 Å². The Morgan fingerprint density at radius 1 is 1.25 bits per heavy atom. The minimum Gasteiger partial charge on any atom is -0.497 e. The Bertz CT molecular complexity index is 552. The first-order valence-corrected chi connectivity index (χ1v) is 8.88. The van der Waals surface area contributed by atoms with Gasteiger partial charge in [-0.2, -0.15) is 0 Å². The van der Waals surface area contributed by atoms with Crippen molar-refractivity contribution in [1.29, 1.82) is 0 Å². The maximum Gasteiger partial charge on any atom is 0.223 e. The molecule has 1 saturated heterocycles. The van der Waals surface area contributed by atoms with E-state index in [1.54, 1.807) is 7.11 Å². The van der Waals surface area contributed by atoms with Crippen LogP contribution in [0.5, 0.6) is 5.75 Å². The zero-order chi connectivity index (χ0) is 16.2. The number of nitrogens with two attached hydrogens (primary N) is 1. The molecule has 4 nitrogen and oxygen atoms in total. The predicted octanol–water partition coefficient (Wildman–Crippen LogP) is 3.69. The van der Waals surface area contributed by atoms with E-state index in [4.69, 9.17) is 10.5 Å². The van der Waals surface area contributed by atoms with Crippen molar-refractivity contribution >= 4 is 18.3 Å². The van der Waals surface area contributed by atoms with Gasteiger partial charge in [-0.15, -0.1) is 12.4 Å². The molecule has 1 saturated carbocycles. The first-order chi connectivity index (χ1) is 11.2. The van der Waals surface area contributed by atoms with Crippen molar-refractivity contribution in [3.63, 3.8) is 0 Å². The molecular weight excluding hydrogens is 324 g/mol. The number of ether oxygens (including phenoxy) is 1. The smallest absolute Gasteiger partial charge is 0.223 e. The molecule has 2 N–H and O–H groups in total. The number of carbonyl (C=O) groups is 1. The lowest BCUT2D eigenvalue weighted by Crippen LogP contribution is -2.38. The van der Waals surface area contributed by atoms with E-state index in [2.05, 4.69) is 17.0 Å². The van der Waals surface area contributed by atoms with Crippen LogP contribution in [0.1, 0.15) is 56.6 Å². The van der Waals surface area contributed by atoms with E-state index >= 15 is 0 Å². The monoisotopic (exact) mass is 352 g/mol. The molecule has 2 fully saturated rings. The molecule has 1 aromatic carbocycles. The minimum atomic E-state index is 0. The number of hydrogen-bond donors (Lipinski definition) is 1. The number of halogens is 1. The molecular formula is C19H29ClN2O2. The van der Waals surface area contributed by atoms with E-state index in [0.29, 0.717) is 12.3 Å². The molecule has 0 radical (unpaired) electrons. The van der Waals surface area contributed by atoms with Crippen LogP contribution in [-0.4, -0.2) is 30.5 Å². The van der Waals surface area contributed by atoms with Crippen LogP contribution in [0.25, 0.3) is 0 Å². The zero-order valence-electron chi connectivity index (χ0n) is 14.4. The van der Waals surface area contributed by atoms with Gasteiger partial charge in [0.25, 0.3) is 0 Å². The molecule has 1 amide bonds. The molecule has 134 valence electrons. The van der Waals surface area contributed by atoms with Gasteiger partial charge in [0.1, 0.15) is 5.75 Å². The zero-order valence-corrected chi connectivity index (χ0v) is 15.3. The van der Waals surface area contributed by atoms with Crippen LogP contribution in [0.4, 0.5) is 0 Å². The summed E-state index contributed by atoms with van der Waals surface area (Å²) in [4.78, 5) is 14.9. The summed E-state index contributed by atoms with van der Waals surface area (Å²) in [5.41, 5.74) is 7.41. The van der Waals surface area contributed by atoms with Crippen LogP contribution >= 0.6 is 12.4 Å². The minimum absolute atomic E-state index is 0. The highest BCUT2D eigenvalue weighted by Crippen LogP contribution is 2.35. The number of hydrogen-bond acceptors (Lipinski definition) is 3. The Kier molecular flexibility index (Phi) is 6.93. The van der Waals surface area contributed by atoms with Crippen molar-refractivity contribution in [3.8, 4) is 5.75 Å². The Balaban J connectivity index is 0.00000208. The van der Waals surface area contributed by atoms with E-state index < -0.39 is 0 Å². The van der Waals surface area contributed by atoms with Crippen LogP contribution in [-0.2, 0) is 4.79 Å². The summed E-state index contributed by atoms with van der Waals surface area (Å²) in [5, 5.41) is 0. The maximum atomic E-state index is 12.8. The predicted molar refractivity (Wildman–Crippen MR) is 98.5 cm³/mol. The number of carbonyl (C=O) groups excluding carboxylic acids is 1. The Labute approximate surface area is 151 Å². The average Bonchev–Trinajstić information content (AvgIpc) is 3.07. The number of benzene rings is 1. The first kappa shape index (κ1) is 19.1. The molecule has 3 unspecified atom stereocenters. The van der Waals surface area contributed by atoms with Crippen molar-refractivity contribution in [2.75, 3.05) is 13.7 Å². The molecule has 3 atom stereocenters. The van der Waals surface area contributed by atoms with Gasteiger partial charge in [0.2, 0.25) is 5.91 Å². The van der Waals surface area contributed by atoms with Crippen molar-refractivity contribution in [2.24, 2.45) is 11.7 Å². The summed E-state index contributed by atoms with van der Waals surface area (Å²) in [5.74, 6) is 1.50.